The summed E-state index contributed by atoms with van der Waals surface area (Å²) in [7, 11) is 0. The molecule has 108 valence electrons. The summed E-state index contributed by atoms with van der Waals surface area (Å²) in [5, 5.41) is 19.2. The molecule has 0 bridgehead atoms. The maximum atomic E-state index is 11.8. The highest BCUT2D eigenvalue weighted by Crippen LogP contribution is 2.31. The van der Waals surface area contributed by atoms with E-state index in [9.17, 15) is 14.7 Å². The molecule has 1 aliphatic heterocycles. The van der Waals surface area contributed by atoms with Crippen LogP contribution in [0.2, 0.25) is 0 Å². The van der Waals surface area contributed by atoms with Gasteiger partial charge in [0, 0.05) is 16.2 Å². The van der Waals surface area contributed by atoms with Gasteiger partial charge >= 0.3 is 5.69 Å². The van der Waals surface area contributed by atoms with Gasteiger partial charge in [0.15, 0.2) is 0 Å². The first-order chi connectivity index (χ1) is 9.51. The molecule has 9 heteroatoms. The number of H-pyrrole nitrogens is 2. The first-order valence-electron chi connectivity index (χ1n) is 5.98. The van der Waals surface area contributed by atoms with Crippen molar-refractivity contribution in [3.05, 3.63) is 30.6 Å². The minimum atomic E-state index is -0.783. The van der Waals surface area contributed by atoms with Gasteiger partial charge in [0.25, 0.3) is 5.56 Å². The second-order valence-electron chi connectivity index (χ2n) is 4.63. The summed E-state index contributed by atoms with van der Waals surface area (Å²) in [6.45, 7) is -0.287. The molecule has 0 saturated carbocycles. The molecular formula is C11H12IN3O5. The van der Waals surface area contributed by atoms with Crippen LogP contribution in [-0.2, 0) is 4.74 Å². The van der Waals surface area contributed by atoms with Crippen LogP contribution >= 0.6 is 22.6 Å². The van der Waals surface area contributed by atoms with Gasteiger partial charge in [0.2, 0.25) is 0 Å². The SMILES string of the molecule is O=c1[nH]c(=O)c2c(I)cn([C@H]3C[C@H](O)[C@@H](CO)O3)c2[nH]1. The molecule has 2 aromatic heterocycles. The number of ether oxygens (including phenoxy) is 1. The van der Waals surface area contributed by atoms with E-state index >= 15 is 0 Å². The summed E-state index contributed by atoms with van der Waals surface area (Å²) < 4.78 is 7.81. The molecule has 3 heterocycles. The first-order valence-corrected chi connectivity index (χ1v) is 7.06. The van der Waals surface area contributed by atoms with E-state index in [-0.39, 0.29) is 13.0 Å². The van der Waals surface area contributed by atoms with Gasteiger partial charge in [-0.2, -0.15) is 0 Å². The van der Waals surface area contributed by atoms with Crippen molar-refractivity contribution in [2.45, 2.75) is 24.9 Å². The molecule has 8 nitrogen and oxygen atoms in total. The van der Waals surface area contributed by atoms with Crippen molar-refractivity contribution < 1.29 is 14.9 Å². The van der Waals surface area contributed by atoms with Crippen LogP contribution in [-0.4, -0.2) is 43.6 Å². The summed E-state index contributed by atoms with van der Waals surface area (Å²) in [5.74, 6) is 0. The number of hydrogen-bond acceptors (Lipinski definition) is 5. The fourth-order valence-electron chi connectivity index (χ4n) is 2.42. The van der Waals surface area contributed by atoms with Crippen molar-refractivity contribution in [2.24, 2.45) is 0 Å². The fraction of sp³-hybridized carbons (Fsp3) is 0.455. The van der Waals surface area contributed by atoms with Crippen LogP contribution in [0.4, 0.5) is 0 Å². The molecule has 2 aromatic rings. The maximum absolute atomic E-state index is 11.8. The topological polar surface area (TPSA) is 120 Å². The van der Waals surface area contributed by atoms with Crippen molar-refractivity contribution in [2.75, 3.05) is 6.61 Å². The van der Waals surface area contributed by atoms with E-state index in [1.165, 1.54) is 0 Å². The van der Waals surface area contributed by atoms with Crippen LogP contribution in [0, 0.1) is 3.57 Å². The third-order valence-electron chi connectivity index (χ3n) is 3.37. The average Bonchev–Trinajstić information content (AvgIpc) is 2.90. The Labute approximate surface area is 125 Å². The number of aromatic nitrogens is 3. The third-order valence-corrected chi connectivity index (χ3v) is 4.18. The Kier molecular flexibility index (Phi) is 3.44. The van der Waals surface area contributed by atoms with Gasteiger partial charge in [-0.05, 0) is 22.6 Å². The summed E-state index contributed by atoms with van der Waals surface area (Å²) in [5.41, 5.74) is -0.724. The fourth-order valence-corrected chi connectivity index (χ4v) is 3.22. The summed E-state index contributed by atoms with van der Waals surface area (Å²) in [6.07, 6.45) is -0.0312. The molecule has 3 rings (SSSR count). The molecule has 0 radical (unpaired) electrons. The lowest BCUT2D eigenvalue weighted by molar-refractivity contribution is -0.0430. The van der Waals surface area contributed by atoms with Crippen LogP contribution in [0.25, 0.3) is 11.0 Å². The molecule has 4 N–H and O–H groups in total. The molecule has 0 spiro atoms. The van der Waals surface area contributed by atoms with Gasteiger partial charge in [0.05, 0.1) is 18.1 Å². The standard InChI is InChI=1S/C11H12IN3O5/c12-4-2-15(7-1-5(17)6(3-16)20-7)9-8(4)10(18)14-11(19)13-9/h2,5-7,16-17H,1,3H2,(H2,13,14,18,19)/t5-,6+,7+/m0/s1. The summed E-state index contributed by atoms with van der Waals surface area (Å²) >= 11 is 1.99. The summed E-state index contributed by atoms with van der Waals surface area (Å²) in [6, 6.07) is 0. The lowest BCUT2D eigenvalue weighted by atomic mass is 10.2. The zero-order chi connectivity index (χ0) is 14.4. The van der Waals surface area contributed by atoms with Gasteiger partial charge in [0.1, 0.15) is 18.0 Å². The number of hydrogen-bond donors (Lipinski definition) is 4. The normalized spacial score (nSPS) is 26.4. The number of fused-ring (bicyclic) bond motifs is 1. The van der Waals surface area contributed by atoms with E-state index in [2.05, 4.69) is 9.97 Å². The van der Waals surface area contributed by atoms with Crippen LogP contribution < -0.4 is 11.2 Å². The number of halogens is 1. The van der Waals surface area contributed by atoms with Crippen LogP contribution in [0.1, 0.15) is 12.6 Å². The Morgan fingerprint density at radius 1 is 1.45 bits per heavy atom. The highest BCUT2D eigenvalue weighted by Gasteiger charge is 2.35. The van der Waals surface area contributed by atoms with E-state index in [0.29, 0.717) is 14.6 Å². The second kappa shape index (κ2) is 4.98. The average molecular weight is 393 g/mol. The predicted octanol–water partition coefficient (Wildman–Crippen LogP) is -0.737. The highest BCUT2D eigenvalue weighted by atomic mass is 127. The molecule has 1 saturated heterocycles. The zero-order valence-electron chi connectivity index (χ0n) is 10.2. The van der Waals surface area contributed by atoms with Crippen molar-refractivity contribution in [1.29, 1.82) is 0 Å². The van der Waals surface area contributed by atoms with Crippen molar-refractivity contribution in [1.82, 2.24) is 14.5 Å². The van der Waals surface area contributed by atoms with E-state index in [1.807, 2.05) is 22.6 Å². The van der Waals surface area contributed by atoms with E-state index in [4.69, 9.17) is 9.84 Å². The zero-order valence-corrected chi connectivity index (χ0v) is 12.3. The lowest BCUT2D eigenvalue weighted by Crippen LogP contribution is -2.24. The number of aliphatic hydroxyl groups is 2. The van der Waals surface area contributed by atoms with Gasteiger partial charge in [-0.3, -0.25) is 14.8 Å². The van der Waals surface area contributed by atoms with Gasteiger partial charge in [-0.1, -0.05) is 0 Å². The molecule has 0 amide bonds. The molecule has 0 unspecified atom stereocenters. The molecule has 1 fully saturated rings. The quantitative estimate of drug-likeness (QED) is 0.502. The Hall–Kier alpha value is -1.17. The maximum Gasteiger partial charge on any atom is 0.327 e. The molecule has 0 aromatic carbocycles. The predicted molar refractivity (Wildman–Crippen MR) is 77.5 cm³/mol. The number of rotatable bonds is 2. The van der Waals surface area contributed by atoms with Crippen LogP contribution in [0.15, 0.2) is 15.8 Å². The Morgan fingerprint density at radius 2 is 2.20 bits per heavy atom. The van der Waals surface area contributed by atoms with E-state index < -0.39 is 29.7 Å². The lowest BCUT2D eigenvalue weighted by Gasteiger charge is -2.14. The van der Waals surface area contributed by atoms with E-state index in [1.54, 1.807) is 10.8 Å². The highest BCUT2D eigenvalue weighted by molar-refractivity contribution is 14.1. The molecule has 20 heavy (non-hydrogen) atoms. The third kappa shape index (κ3) is 2.10. The molecular weight excluding hydrogens is 381 g/mol. The minimum absolute atomic E-state index is 0.278. The molecule has 3 atom stereocenters. The van der Waals surface area contributed by atoms with Gasteiger partial charge in [-0.15, -0.1) is 0 Å². The number of aliphatic hydroxyl groups excluding tert-OH is 2. The van der Waals surface area contributed by atoms with Gasteiger partial charge < -0.3 is 19.5 Å². The molecule has 0 aliphatic carbocycles. The first kappa shape index (κ1) is 13.8. The Bertz CT molecular complexity index is 763. The smallest absolute Gasteiger partial charge is 0.327 e. The largest absolute Gasteiger partial charge is 0.394 e. The van der Waals surface area contributed by atoms with E-state index in [0.717, 1.165) is 0 Å². The van der Waals surface area contributed by atoms with Crippen molar-refractivity contribution >= 4 is 33.6 Å². The summed E-state index contributed by atoms with van der Waals surface area (Å²) in [4.78, 5) is 28.0. The monoisotopic (exact) mass is 393 g/mol. The Morgan fingerprint density at radius 3 is 2.85 bits per heavy atom. The van der Waals surface area contributed by atoms with Crippen LogP contribution in [0.3, 0.4) is 0 Å². The number of nitrogens with one attached hydrogen (secondary N) is 2. The Balaban J connectivity index is 2.14. The van der Waals surface area contributed by atoms with Gasteiger partial charge in [-0.25, -0.2) is 4.79 Å². The van der Waals surface area contributed by atoms with Crippen molar-refractivity contribution in [3.63, 3.8) is 0 Å². The minimum Gasteiger partial charge on any atom is -0.394 e. The molecule has 1 aliphatic rings. The number of nitrogens with zero attached hydrogens (tertiary/aromatic N) is 1. The van der Waals surface area contributed by atoms with Crippen LogP contribution in [0.5, 0.6) is 0 Å². The van der Waals surface area contributed by atoms with Crippen molar-refractivity contribution in [3.8, 4) is 0 Å². The second-order valence-corrected chi connectivity index (χ2v) is 5.79. The number of aromatic amines is 2.